The Bertz CT molecular complexity index is 578. The molecule has 1 fully saturated rings. The van der Waals surface area contributed by atoms with Gasteiger partial charge in [-0.25, -0.2) is 0 Å². The van der Waals surface area contributed by atoms with Crippen LogP contribution in [0, 0.1) is 0 Å². The van der Waals surface area contributed by atoms with Crippen LogP contribution in [0.2, 0.25) is 0 Å². The fraction of sp³-hybridized carbons (Fsp3) is 0.684. The monoisotopic (exact) mass is 453 g/mol. The minimum Gasteiger partial charge on any atom is -0.381 e. The number of hydrogen-bond donors (Lipinski definition) is 0. The normalized spacial score (nSPS) is 21.9. The maximum Gasteiger partial charge on any atom is 0.365 e. The number of rotatable bonds is 8. The van der Waals surface area contributed by atoms with Crippen molar-refractivity contribution < 1.29 is 14.3 Å². The fourth-order valence-corrected chi connectivity index (χ4v) is 4.93. The third-order valence-electron chi connectivity index (χ3n) is 4.83. The quantitative estimate of drug-likeness (QED) is 0.381. The molecule has 154 valence electrons. The molecule has 1 atom stereocenters. The van der Waals surface area contributed by atoms with Crippen molar-refractivity contribution >= 4 is 39.2 Å². The minimum atomic E-state index is -2.84. The lowest BCUT2D eigenvalue weighted by Crippen LogP contribution is -2.62. The van der Waals surface area contributed by atoms with Crippen molar-refractivity contribution in [2.75, 3.05) is 19.9 Å². The van der Waals surface area contributed by atoms with E-state index in [1.54, 1.807) is 7.11 Å². The summed E-state index contributed by atoms with van der Waals surface area (Å²) in [5.74, 6) is 0. The van der Waals surface area contributed by atoms with Crippen molar-refractivity contribution in [1.29, 1.82) is 0 Å². The van der Waals surface area contributed by atoms with E-state index in [0.29, 0.717) is 6.61 Å². The van der Waals surface area contributed by atoms with Gasteiger partial charge in [0.1, 0.15) is 6.10 Å². The first-order chi connectivity index (χ1) is 12.4. The van der Waals surface area contributed by atoms with Crippen LogP contribution in [0.1, 0.15) is 52.2 Å². The Balaban J connectivity index is 2.20. The van der Waals surface area contributed by atoms with Gasteiger partial charge < -0.3 is 9.47 Å². The molecule has 1 aliphatic heterocycles. The Morgan fingerprint density at radius 2 is 1.63 bits per heavy atom. The first kappa shape index (κ1) is 23.4. The molecule has 0 N–H and O–H groups in total. The summed E-state index contributed by atoms with van der Waals surface area (Å²) in [7, 11) is 1.77. The van der Waals surface area contributed by atoms with Crippen LogP contribution in [-0.4, -0.2) is 48.2 Å². The van der Waals surface area contributed by atoms with Gasteiger partial charge in [0.2, 0.25) is 0 Å². The molecule has 0 radical (unpaired) electrons. The van der Waals surface area contributed by atoms with Gasteiger partial charge in [-0.05, 0) is 46.1 Å². The van der Waals surface area contributed by atoms with Crippen molar-refractivity contribution in [2.24, 2.45) is 0 Å². The molecular weight excluding hydrogens is 425 g/mol. The van der Waals surface area contributed by atoms with E-state index in [1.807, 2.05) is 30.3 Å². The predicted molar refractivity (Wildman–Crippen MR) is 114 cm³/mol. The smallest absolute Gasteiger partial charge is 0.365 e. The van der Waals surface area contributed by atoms with Gasteiger partial charge in [0.25, 0.3) is 0 Å². The van der Waals surface area contributed by atoms with Crippen molar-refractivity contribution in [3.63, 3.8) is 0 Å². The van der Waals surface area contributed by atoms with E-state index < -0.39 is 6.00 Å². The molecule has 0 bridgehead atoms. The zero-order valence-corrected chi connectivity index (χ0v) is 19.9. The standard InChI is InChI=1S/C19H30Cl3NO3Si/c1-18(2)11-16(24-5)12-19(3,4)23(18)26-17(13-25-14-27(20,21)22)15-9-7-6-8-10-15/h6-10,16-17H,11-14H2,1-5H3. The molecule has 0 spiro atoms. The SMILES string of the molecule is COC1CC(C)(C)N(OC(COC[Si](Cl)(Cl)Cl)c2ccccc2)C(C)(C)C1. The van der Waals surface area contributed by atoms with Crippen LogP contribution in [0.25, 0.3) is 0 Å². The van der Waals surface area contributed by atoms with Gasteiger partial charge >= 0.3 is 6.00 Å². The van der Waals surface area contributed by atoms with Gasteiger partial charge in [-0.15, -0.1) is 33.2 Å². The Morgan fingerprint density at radius 3 is 2.11 bits per heavy atom. The molecule has 8 heteroatoms. The van der Waals surface area contributed by atoms with E-state index in [4.69, 9.17) is 47.5 Å². The molecule has 4 nitrogen and oxygen atoms in total. The van der Waals surface area contributed by atoms with Gasteiger partial charge in [0.05, 0.1) is 18.9 Å². The van der Waals surface area contributed by atoms with Crippen LogP contribution in [0.4, 0.5) is 0 Å². The Labute approximate surface area is 178 Å². The number of hydrogen-bond acceptors (Lipinski definition) is 4. The average molecular weight is 455 g/mol. The summed E-state index contributed by atoms with van der Waals surface area (Å²) in [6.07, 6.45) is 1.83. The van der Waals surface area contributed by atoms with E-state index >= 15 is 0 Å². The molecule has 0 amide bonds. The van der Waals surface area contributed by atoms with Crippen molar-refractivity contribution in [1.82, 2.24) is 5.06 Å². The third kappa shape index (κ3) is 6.86. The summed E-state index contributed by atoms with van der Waals surface area (Å²) in [5.41, 5.74) is 0.641. The number of hydroxylamine groups is 2. The van der Waals surface area contributed by atoms with Crippen LogP contribution >= 0.6 is 33.2 Å². The number of nitrogens with zero attached hydrogens (tertiary/aromatic N) is 1. The van der Waals surface area contributed by atoms with Crippen molar-refractivity contribution in [3.8, 4) is 0 Å². The second kappa shape index (κ2) is 9.31. The third-order valence-corrected chi connectivity index (χ3v) is 6.34. The van der Waals surface area contributed by atoms with E-state index in [1.165, 1.54) is 0 Å². The molecule has 1 aromatic carbocycles. The Morgan fingerprint density at radius 1 is 1.07 bits per heavy atom. The zero-order chi connectivity index (χ0) is 20.3. The van der Waals surface area contributed by atoms with Gasteiger partial charge in [-0.1, -0.05) is 30.3 Å². The maximum atomic E-state index is 6.55. The number of benzene rings is 1. The molecule has 1 aromatic rings. The van der Waals surface area contributed by atoms with E-state index in [0.717, 1.165) is 18.4 Å². The van der Waals surface area contributed by atoms with E-state index in [9.17, 15) is 0 Å². The number of piperidine rings is 1. The predicted octanol–water partition coefficient (Wildman–Crippen LogP) is 5.54. The Hall–Kier alpha value is 0.147. The Kier molecular flexibility index (Phi) is 8.08. The lowest BCUT2D eigenvalue weighted by Gasteiger charge is -2.54. The molecule has 0 aromatic heterocycles. The van der Waals surface area contributed by atoms with Crippen molar-refractivity contribution in [3.05, 3.63) is 35.9 Å². The topological polar surface area (TPSA) is 30.9 Å². The van der Waals surface area contributed by atoms with Crippen LogP contribution in [-0.2, 0) is 14.3 Å². The van der Waals surface area contributed by atoms with Crippen LogP contribution in [0.3, 0.4) is 0 Å². The lowest BCUT2D eigenvalue weighted by molar-refractivity contribution is -0.322. The molecule has 27 heavy (non-hydrogen) atoms. The molecule has 1 heterocycles. The second-order valence-corrected chi connectivity index (χ2v) is 17.4. The number of methoxy groups -OCH3 is 1. The van der Waals surface area contributed by atoms with Crippen LogP contribution in [0.5, 0.6) is 0 Å². The van der Waals surface area contributed by atoms with Crippen molar-refractivity contribution in [2.45, 2.75) is 63.8 Å². The van der Waals surface area contributed by atoms with Gasteiger partial charge in [-0.2, -0.15) is 5.06 Å². The number of halogens is 3. The van der Waals surface area contributed by atoms with E-state index in [2.05, 4.69) is 32.8 Å². The minimum absolute atomic E-state index is 0.142. The molecule has 1 saturated heterocycles. The fourth-order valence-electron chi connectivity index (χ4n) is 3.89. The summed E-state index contributed by atoms with van der Waals surface area (Å²) in [6.45, 7) is 9.03. The lowest BCUT2D eigenvalue weighted by atomic mass is 9.80. The van der Waals surface area contributed by atoms with E-state index in [-0.39, 0.29) is 29.5 Å². The van der Waals surface area contributed by atoms with Crippen LogP contribution < -0.4 is 0 Å². The highest BCUT2D eigenvalue weighted by Gasteiger charge is 2.47. The zero-order valence-electron chi connectivity index (χ0n) is 16.7. The molecule has 0 aliphatic carbocycles. The molecule has 1 aliphatic rings. The summed E-state index contributed by atoms with van der Waals surface area (Å²) in [6, 6.07) is 7.18. The maximum absolute atomic E-state index is 6.55. The summed E-state index contributed by atoms with van der Waals surface area (Å²) in [4.78, 5) is 6.55. The van der Waals surface area contributed by atoms with Gasteiger partial charge in [0.15, 0.2) is 0 Å². The largest absolute Gasteiger partial charge is 0.381 e. The molecule has 0 saturated carbocycles. The first-order valence-electron chi connectivity index (χ1n) is 9.14. The summed E-state index contributed by atoms with van der Waals surface area (Å²) < 4.78 is 11.4. The van der Waals surface area contributed by atoms with Crippen LogP contribution in [0.15, 0.2) is 30.3 Å². The molecular formula is C19H30Cl3NO3Si. The summed E-state index contributed by atoms with van der Waals surface area (Å²) >= 11 is 17.9. The van der Waals surface area contributed by atoms with Gasteiger partial charge in [-0.3, -0.25) is 4.84 Å². The highest BCUT2D eigenvalue weighted by molar-refractivity contribution is 7.64. The molecule has 1 unspecified atom stereocenters. The summed E-state index contributed by atoms with van der Waals surface area (Å²) in [5, 5.41) is 2.10. The highest BCUT2D eigenvalue weighted by Crippen LogP contribution is 2.41. The van der Waals surface area contributed by atoms with Gasteiger partial charge in [0, 0.05) is 18.2 Å². The highest BCUT2D eigenvalue weighted by atomic mass is 35.8. The second-order valence-electron chi connectivity index (χ2n) is 8.32. The average Bonchev–Trinajstić information content (AvgIpc) is 2.55. The number of ether oxygens (including phenoxy) is 2. The molecule has 2 rings (SSSR count). The first-order valence-corrected chi connectivity index (χ1v) is 14.4.